The van der Waals surface area contributed by atoms with Gasteiger partial charge in [-0.3, -0.25) is 9.59 Å². The second-order valence-electron chi connectivity index (χ2n) is 9.59. The molecule has 1 fully saturated rings. The van der Waals surface area contributed by atoms with E-state index < -0.39 is 0 Å². The first-order valence-corrected chi connectivity index (χ1v) is 12.7. The van der Waals surface area contributed by atoms with Gasteiger partial charge in [0.1, 0.15) is 0 Å². The van der Waals surface area contributed by atoms with Crippen LogP contribution in [0.25, 0.3) is 22.8 Å². The van der Waals surface area contributed by atoms with Gasteiger partial charge in [0.05, 0.1) is 11.1 Å². The zero-order valence-electron chi connectivity index (χ0n) is 20.3. The molecule has 2 aromatic carbocycles. The number of hydrogen-bond acceptors (Lipinski definition) is 3. The molecule has 1 aromatic heterocycles. The first-order chi connectivity index (χ1) is 16.7. The summed E-state index contributed by atoms with van der Waals surface area (Å²) in [4.78, 5) is 31.8. The van der Waals surface area contributed by atoms with Gasteiger partial charge in [0.25, 0.3) is 11.8 Å². The largest absolute Gasteiger partial charge is 0.358 e. The minimum atomic E-state index is -0.145. The van der Waals surface area contributed by atoms with Crippen LogP contribution in [0, 0.1) is 13.8 Å². The molecule has 7 heteroatoms. The molecule has 0 radical (unpaired) electrons. The smallest absolute Gasteiger partial charge is 0.256 e. The molecule has 35 heavy (non-hydrogen) atoms. The number of aromatic amines is 1. The van der Waals surface area contributed by atoms with E-state index in [1.165, 1.54) is 0 Å². The van der Waals surface area contributed by atoms with E-state index in [4.69, 9.17) is 0 Å². The van der Waals surface area contributed by atoms with Gasteiger partial charge in [-0.25, -0.2) is 0 Å². The molecule has 2 aliphatic heterocycles. The summed E-state index contributed by atoms with van der Waals surface area (Å²) in [6, 6.07) is 14.5. The molecule has 6 nitrogen and oxygen atoms in total. The van der Waals surface area contributed by atoms with E-state index in [0.717, 1.165) is 43.8 Å². The standard InChI is InChI=1S/C28H29BrN4O2/c1-15-13-33(14-16(2)30-15)28(35)25-17(3)24(31-18(25)4)12-22-26-21(19-8-10-20(29)11-9-19)6-5-7-23(26)32-27(22)34/h5-12,15-16,30-31H,13-14H2,1-4H3,(H,32,34)/b22-12-/t15-,16+. The Morgan fingerprint density at radius 2 is 1.74 bits per heavy atom. The number of piperazine rings is 1. The van der Waals surface area contributed by atoms with Crippen molar-refractivity contribution in [1.82, 2.24) is 15.2 Å². The molecule has 3 aromatic rings. The number of anilines is 1. The Morgan fingerprint density at radius 3 is 2.43 bits per heavy atom. The number of rotatable bonds is 3. The monoisotopic (exact) mass is 532 g/mol. The Bertz CT molecular complexity index is 1350. The summed E-state index contributed by atoms with van der Waals surface area (Å²) in [7, 11) is 0. The van der Waals surface area contributed by atoms with E-state index >= 15 is 0 Å². The normalized spacial score (nSPS) is 20.8. The summed E-state index contributed by atoms with van der Waals surface area (Å²) in [5.41, 5.74) is 7.44. The number of halogens is 1. The fraction of sp³-hybridized carbons (Fsp3) is 0.286. The van der Waals surface area contributed by atoms with Crippen molar-refractivity contribution in [3.05, 3.63) is 75.0 Å². The summed E-state index contributed by atoms with van der Waals surface area (Å²) >= 11 is 3.49. The van der Waals surface area contributed by atoms with Crippen LogP contribution in [0.4, 0.5) is 5.69 Å². The van der Waals surface area contributed by atoms with Gasteiger partial charge in [0.15, 0.2) is 0 Å². The SMILES string of the molecule is Cc1[nH]c(/C=C2\C(=O)Nc3cccc(-c4ccc(Br)cc4)c32)c(C)c1C(=O)N1C[C@@H](C)N[C@@H](C)C1. The van der Waals surface area contributed by atoms with Crippen molar-refractivity contribution >= 4 is 45.1 Å². The Balaban J connectivity index is 1.55. The highest BCUT2D eigenvalue weighted by Gasteiger charge is 2.31. The van der Waals surface area contributed by atoms with Crippen molar-refractivity contribution in [3.8, 4) is 11.1 Å². The number of carbonyl (C=O) groups excluding carboxylic acids is 2. The maximum absolute atomic E-state index is 13.5. The highest BCUT2D eigenvalue weighted by Crippen LogP contribution is 2.41. The van der Waals surface area contributed by atoms with Gasteiger partial charge in [-0.05, 0) is 68.7 Å². The topological polar surface area (TPSA) is 77.2 Å². The van der Waals surface area contributed by atoms with Crippen molar-refractivity contribution in [3.63, 3.8) is 0 Å². The maximum Gasteiger partial charge on any atom is 0.256 e. The summed E-state index contributed by atoms with van der Waals surface area (Å²) in [5.74, 6) is -0.109. The van der Waals surface area contributed by atoms with Crippen LogP contribution in [0.3, 0.4) is 0 Å². The summed E-state index contributed by atoms with van der Waals surface area (Å²) in [6.07, 6.45) is 1.88. The Labute approximate surface area is 213 Å². The van der Waals surface area contributed by atoms with Crippen molar-refractivity contribution < 1.29 is 9.59 Å². The molecule has 0 spiro atoms. The molecular formula is C28H29BrN4O2. The highest BCUT2D eigenvalue weighted by atomic mass is 79.9. The molecule has 2 aliphatic rings. The summed E-state index contributed by atoms with van der Waals surface area (Å²) in [5, 5.41) is 6.48. The van der Waals surface area contributed by atoms with Gasteiger partial charge in [0, 0.05) is 52.3 Å². The molecule has 180 valence electrons. The zero-order chi connectivity index (χ0) is 24.9. The van der Waals surface area contributed by atoms with E-state index in [9.17, 15) is 9.59 Å². The molecule has 3 heterocycles. The first kappa shape index (κ1) is 23.6. The molecule has 2 amide bonds. The first-order valence-electron chi connectivity index (χ1n) is 11.9. The van der Waals surface area contributed by atoms with E-state index in [1.807, 2.05) is 67.3 Å². The number of carbonyl (C=O) groups is 2. The van der Waals surface area contributed by atoms with Crippen LogP contribution >= 0.6 is 15.9 Å². The third-order valence-electron chi connectivity index (χ3n) is 6.81. The highest BCUT2D eigenvalue weighted by molar-refractivity contribution is 9.10. The third kappa shape index (κ3) is 4.34. The van der Waals surface area contributed by atoms with Crippen molar-refractivity contribution in [2.24, 2.45) is 0 Å². The molecule has 0 saturated carbocycles. The van der Waals surface area contributed by atoms with Crippen LogP contribution in [-0.4, -0.2) is 46.9 Å². The number of aromatic nitrogens is 1. The number of hydrogen-bond donors (Lipinski definition) is 3. The van der Waals surface area contributed by atoms with Gasteiger partial charge in [-0.15, -0.1) is 0 Å². The molecule has 3 N–H and O–H groups in total. The second kappa shape index (κ2) is 9.13. The fourth-order valence-corrected chi connectivity index (χ4v) is 5.56. The lowest BCUT2D eigenvalue weighted by Gasteiger charge is -2.36. The van der Waals surface area contributed by atoms with Crippen molar-refractivity contribution in [2.75, 3.05) is 18.4 Å². The molecule has 0 aliphatic carbocycles. The van der Waals surface area contributed by atoms with Crippen LogP contribution in [0.15, 0.2) is 46.9 Å². The number of amides is 2. The number of fused-ring (bicyclic) bond motifs is 1. The van der Waals surface area contributed by atoms with Gasteiger partial charge in [-0.2, -0.15) is 0 Å². The maximum atomic E-state index is 13.5. The summed E-state index contributed by atoms with van der Waals surface area (Å²) in [6.45, 7) is 9.43. The van der Waals surface area contributed by atoms with Crippen LogP contribution in [0.5, 0.6) is 0 Å². The second-order valence-corrected chi connectivity index (χ2v) is 10.5. The van der Waals surface area contributed by atoms with Crippen LogP contribution < -0.4 is 10.6 Å². The van der Waals surface area contributed by atoms with E-state index in [0.29, 0.717) is 24.2 Å². The molecule has 5 rings (SSSR count). The zero-order valence-corrected chi connectivity index (χ0v) is 21.9. The number of nitrogens with zero attached hydrogens (tertiary/aromatic N) is 1. The minimum Gasteiger partial charge on any atom is -0.358 e. The lowest BCUT2D eigenvalue weighted by atomic mass is 9.94. The molecule has 1 saturated heterocycles. The molecular weight excluding hydrogens is 504 g/mol. The average molecular weight is 533 g/mol. The Kier molecular flexibility index (Phi) is 6.15. The predicted octanol–water partition coefficient (Wildman–Crippen LogP) is 5.38. The lowest BCUT2D eigenvalue weighted by Crippen LogP contribution is -2.55. The van der Waals surface area contributed by atoms with E-state index in [-0.39, 0.29) is 23.9 Å². The fourth-order valence-electron chi connectivity index (χ4n) is 5.29. The quantitative estimate of drug-likeness (QED) is 0.396. The molecule has 0 unspecified atom stereocenters. The van der Waals surface area contributed by atoms with Gasteiger partial charge in [-0.1, -0.05) is 40.2 Å². The van der Waals surface area contributed by atoms with E-state index in [1.54, 1.807) is 0 Å². The molecule has 2 atom stereocenters. The molecule has 0 bridgehead atoms. The van der Waals surface area contributed by atoms with Crippen molar-refractivity contribution in [1.29, 1.82) is 0 Å². The van der Waals surface area contributed by atoms with Crippen LogP contribution in [0.1, 0.15) is 46.7 Å². The number of benzene rings is 2. The van der Waals surface area contributed by atoms with Crippen LogP contribution in [-0.2, 0) is 4.79 Å². The number of aryl methyl sites for hydroxylation is 1. The van der Waals surface area contributed by atoms with Gasteiger partial charge in [0.2, 0.25) is 0 Å². The Hall–Kier alpha value is -3.16. The minimum absolute atomic E-state index is 0.0351. The average Bonchev–Trinajstić information content (AvgIpc) is 3.28. The van der Waals surface area contributed by atoms with Crippen molar-refractivity contribution in [2.45, 2.75) is 39.8 Å². The summed E-state index contributed by atoms with van der Waals surface area (Å²) < 4.78 is 1.00. The third-order valence-corrected chi connectivity index (χ3v) is 7.33. The number of nitrogens with one attached hydrogen (secondary N) is 3. The van der Waals surface area contributed by atoms with Gasteiger partial charge >= 0.3 is 0 Å². The Morgan fingerprint density at radius 1 is 1.06 bits per heavy atom. The van der Waals surface area contributed by atoms with E-state index in [2.05, 4.69) is 45.4 Å². The van der Waals surface area contributed by atoms with Crippen LogP contribution in [0.2, 0.25) is 0 Å². The predicted molar refractivity (Wildman–Crippen MR) is 144 cm³/mol. The van der Waals surface area contributed by atoms with Gasteiger partial charge < -0.3 is 20.5 Å². The number of H-pyrrole nitrogens is 1. The lowest BCUT2D eigenvalue weighted by molar-refractivity contribution is -0.110.